The van der Waals surface area contributed by atoms with Crippen LogP contribution in [-0.4, -0.2) is 21.0 Å². The standard InChI is InChI=1S/C18H16ClN3O2/c1-10-9-15(11(2)14-7-8-16(23)22-21-14)20-17(10)18(24)12-3-5-13(19)6-4-12/h3-9,11,20H,1-2H3,(H,22,23). The number of aromatic amines is 2. The smallest absolute Gasteiger partial charge is 0.264 e. The van der Waals surface area contributed by atoms with Crippen molar-refractivity contribution in [3.05, 3.63) is 86.0 Å². The summed E-state index contributed by atoms with van der Waals surface area (Å²) in [5.74, 6) is -0.163. The summed E-state index contributed by atoms with van der Waals surface area (Å²) in [5, 5.41) is 7.07. The van der Waals surface area contributed by atoms with Gasteiger partial charge in [-0.15, -0.1) is 0 Å². The molecule has 2 heterocycles. The first kappa shape index (κ1) is 16.2. The number of aryl methyl sites for hydroxylation is 1. The fourth-order valence-electron chi connectivity index (χ4n) is 2.55. The van der Waals surface area contributed by atoms with Crippen LogP contribution in [0, 0.1) is 6.92 Å². The molecule has 122 valence electrons. The van der Waals surface area contributed by atoms with Crippen LogP contribution >= 0.6 is 11.6 Å². The molecule has 3 rings (SSSR count). The molecular weight excluding hydrogens is 326 g/mol. The second-order valence-corrected chi connectivity index (χ2v) is 6.12. The van der Waals surface area contributed by atoms with E-state index < -0.39 is 0 Å². The summed E-state index contributed by atoms with van der Waals surface area (Å²) < 4.78 is 0. The van der Waals surface area contributed by atoms with Gasteiger partial charge in [0.05, 0.1) is 11.4 Å². The molecule has 0 spiro atoms. The third-order valence-corrected chi connectivity index (χ3v) is 4.23. The fraction of sp³-hybridized carbons (Fsp3) is 0.167. The monoisotopic (exact) mass is 341 g/mol. The summed E-state index contributed by atoms with van der Waals surface area (Å²) in [7, 11) is 0. The van der Waals surface area contributed by atoms with E-state index in [2.05, 4.69) is 15.2 Å². The van der Waals surface area contributed by atoms with E-state index in [0.29, 0.717) is 16.3 Å². The molecule has 2 aromatic heterocycles. The number of H-pyrrole nitrogens is 2. The van der Waals surface area contributed by atoms with Gasteiger partial charge in [0.15, 0.2) is 0 Å². The first-order chi connectivity index (χ1) is 11.5. The van der Waals surface area contributed by atoms with Gasteiger partial charge in [0.25, 0.3) is 5.56 Å². The van der Waals surface area contributed by atoms with Gasteiger partial charge in [-0.25, -0.2) is 5.10 Å². The Balaban J connectivity index is 1.92. The maximum Gasteiger partial charge on any atom is 0.264 e. The SMILES string of the molecule is Cc1cc(C(C)c2ccc(=O)[nH]n2)[nH]c1C(=O)c1ccc(Cl)cc1. The van der Waals surface area contributed by atoms with Crippen LogP contribution in [0.1, 0.15) is 45.8 Å². The van der Waals surface area contributed by atoms with Gasteiger partial charge in [0.2, 0.25) is 5.78 Å². The van der Waals surface area contributed by atoms with Crippen LogP contribution in [0.25, 0.3) is 0 Å². The Morgan fingerprint density at radius 2 is 1.88 bits per heavy atom. The minimum Gasteiger partial charge on any atom is -0.355 e. The number of carbonyl (C=O) groups is 1. The number of nitrogens with one attached hydrogen (secondary N) is 2. The lowest BCUT2D eigenvalue weighted by atomic mass is 10.0. The molecule has 0 amide bonds. The zero-order valence-electron chi connectivity index (χ0n) is 13.3. The summed E-state index contributed by atoms with van der Waals surface area (Å²) in [6, 6.07) is 11.9. The third-order valence-electron chi connectivity index (χ3n) is 3.98. The second kappa shape index (κ2) is 6.45. The molecule has 1 atom stereocenters. The van der Waals surface area contributed by atoms with Crippen molar-refractivity contribution >= 4 is 17.4 Å². The Labute approximate surface area is 143 Å². The van der Waals surface area contributed by atoms with E-state index in [1.807, 2.05) is 19.9 Å². The van der Waals surface area contributed by atoms with Crippen molar-refractivity contribution in [2.45, 2.75) is 19.8 Å². The van der Waals surface area contributed by atoms with Crippen molar-refractivity contribution in [2.24, 2.45) is 0 Å². The van der Waals surface area contributed by atoms with Gasteiger partial charge in [-0.2, -0.15) is 5.10 Å². The molecule has 24 heavy (non-hydrogen) atoms. The van der Waals surface area contributed by atoms with Crippen LogP contribution < -0.4 is 5.56 Å². The summed E-state index contributed by atoms with van der Waals surface area (Å²) >= 11 is 5.87. The molecule has 1 aromatic carbocycles. The fourth-order valence-corrected chi connectivity index (χ4v) is 2.68. The van der Waals surface area contributed by atoms with Crippen molar-refractivity contribution in [3.63, 3.8) is 0 Å². The average Bonchev–Trinajstić information content (AvgIpc) is 2.97. The molecule has 0 bridgehead atoms. The van der Waals surface area contributed by atoms with Gasteiger partial charge in [-0.05, 0) is 48.9 Å². The Hall–Kier alpha value is -2.66. The van der Waals surface area contributed by atoms with Crippen LogP contribution in [-0.2, 0) is 0 Å². The normalized spacial score (nSPS) is 12.1. The molecule has 6 heteroatoms. The van der Waals surface area contributed by atoms with E-state index in [1.54, 1.807) is 30.3 Å². The first-order valence-corrected chi connectivity index (χ1v) is 7.89. The number of aromatic nitrogens is 3. The van der Waals surface area contributed by atoms with Crippen LogP contribution in [0.4, 0.5) is 0 Å². The molecular formula is C18H16ClN3O2. The van der Waals surface area contributed by atoms with Gasteiger partial charge >= 0.3 is 0 Å². The summed E-state index contributed by atoms with van der Waals surface area (Å²) in [6.07, 6.45) is 0. The lowest BCUT2D eigenvalue weighted by Gasteiger charge is -2.08. The topological polar surface area (TPSA) is 78.6 Å². The Morgan fingerprint density at radius 3 is 2.50 bits per heavy atom. The molecule has 5 nitrogen and oxygen atoms in total. The van der Waals surface area contributed by atoms with Gasteiger partial charge in [-0.1, -0.05) is 18.5 Å². The molecule has 1 unspecified atom stereocenters. The highest BCUT2D eigenvalue weighted by molar-refractivity contribution is 6.30. The number of hydrogen-bond donors (Lipinski definition) is 2. The predicted molar refractivity (Wildman–Crippen MR) is 92.8 cm³/mol. The molecule has 0 aliphatic heterocycles. The minimum atomic E-state index is -0.243. The first-order valence-electron chi connectivity index (χ1n) is 7.51. The molecule has 0 aliphatic carbocycles. The highest BCUT2D eigenvalue weighted by Gasteiger charge is 2.19. The molecule has 0 fully saturated rings. The van der Waals surface area contributed by atoms with Crippen LogP contribution in [0.15, 0.2) is 47.3 Å². The van der Waals surface area contributed by atoms with Gasteiger partial charge in [0, 0.05) is 28.3 Å². The lowest BCUT2D eigenvalue weighted by molar-refractivity contribution is 0.103. The van der Waals surface area contributed by atoms with Crippen molar-refractivity contribution in [1.29, 1.82) is 0 Å². The average molecular weight is 342 g/mol. The van der Waals surface area contributed by atoms with E-state index in [1.165, 1.54) is 6.07 Å². The highest BCUT2D eigenvalue weighted by atomic mass is 35.5. The van der Waals surface area contributed by atoms with E-state index in [-0.39, 0.29) is 17.3 Å². The number of ketones is 1. The molecule has 0 saturated carbocycles. The highest BCUT2D eigenvalue weighted by Crippen LogP contribution is 2.24. The maximum absolute atomic E-state index is 12.7. The lowest BCUT2D eigenvalue weighted by Crippen LogP contribution is -2.10. The van der Waals surface area contributed by atoms with Crippen molar-refractivity contribution in [3.8, 4) is 0 Å². The minimum absolute atomic E-state index is 0.0766. The van der Waals surface area contributed by atoms with Crippen molar-refractivity contribution in [2.75, 3.05) is 0 Å². The number of halogens is 1. The van der Waals surface area contributed by atoms with Crippen LogP contribution in [0.2, 0.25) is 5.02 Å². The summed E-state index contributed by atoms with van der Waals surface area (Å²) in [6.45, 7) is 3.85. The van der Waals surface area contributed by atoms with E-state index in [9.17, 15) is 9.59 Å². The largest absolute Gasteiger partial charge is 0.355 e. The van der Waals surface area contributed by atoms with Gasteiger partial charge in [-0.3, -0.25) is 9.59 Å². The Bertz CT molecular complexity index is 921. The van der Waals surface area contributed by atoms with Crippen LogP contribution in [0.3, 0.4) is 0 Å². The summed E-state index contributed by atoms with van der Waals surface area (Å²) in [4.78, 5) is 27.0. The number of carbonyl (C=O) groups excluding carboxylic acids is 1. The molecule has 2 N–H and O–H groups in total. The van der Waals surface area contributed by atoms with E-state index >= 15 is 0 Å². The van der Waals surface area contributed by atoms with Gasteiger partial charge in [0.1, 0.15) is 0 Å². The number of hydrogen-bond acceptors (Lipinski definition) is 3. The van der Waals surface area contributed by atoms with Crippen molar-refractivity contribution in [1.82, 2.24) is 15.2 Å². The number of rotatable bonds is 4. The molecule has 3 aromatic rings. The third kappa shape index (κ3) is 3.16. The molecule has 0 aliphatic rings. The Morgan fingerprint density at radius 1 is 1.17 bits per heavy atom. The van der Waals surface area contributed by atoms with Gasteiger partial charge < -0.3 is 4.98 Å². The predicted octanol–water partition coefficient (Wildman–Crippen LogP) is 3.44. The number of nitrogens with zero attached hydrogens (tertiary/aromatic N) is 1. The quantitative estimate of drug-likeness (QED) is 0.713. The molecule has 0 saturated heterocycles. The van der Waals surface area contributed by atoms with Crippen molar-refractivity contribution < 1.29 is 4.79 Å². The Kier molecular flexibility index (Phi) is 4.36. The zero-order valence-corrected chi connectivity index (χ0v) is 14.0. The maximum atomic E-state index is 12.7. The number of benzene rings is 1. The van der Waals surface area contributed by atoms with E-state index in [0.717, 1.165) is 17.0 Å². The van der Waals surface area contributed by atoms with Crippen LogP contribution in [0.5, 0.6) is 0 Å². The second-order valence-electron chi connectivity index (χ2n) is 5.69. The molecule has 0 radical (unpaired) electrons. The van der Waals surface area contributed by atoms with E-state index in [4.69, 9.17) is 11.6 Å². The summed E-state index contributed by atoms with van der Waals surface area (Å²) in [5.41, 5.74) is 3.33. The zero-order chi connectivity index (χ0) is 17.3.